The van der Waals surface area contributed by atoms with Crippen molar-refractivity contribution in [2.75, 3.05) is 37.8 Å². The number of benzene rings is 1. The van der Waals surface area contributed by atoms with Gasteiger partial charge in [0.15, 0.2) is 5.78 Å². The predicted octanol–water partition coefficient (Wildman–Crippen LogP) is 3.39. The van der Waals surface area contributed by atoms with Crippen LogP contribution in [0, 0.1) is 0 Å². The minimum Gasteiger partial charge on any atom is -0.466 e. The molecule has 0 saturated carbocycles. The predicted molar refractivity (Wildman–Crippen MR) is 98.4 cm³/mol. The molecular formula is C19H21NO4S. The smallest absolute Gasteiger partial charge is 0.313 e. The van der Waals surface area contributed by atoms with E-state index in [0.29, 0.717) is 18.1 Å². The Morgan fingerprint density at radius 1 is 1.20 bits per heavy atom. The molecule has 1 aromatic carbocycles. The van der Waals surface area contributed by atoms with Crippen LogP contribution in [0.5, 0.6) is 0 Å². The van der Waals surface area contributed by atoms with Crippen molar-refractivity contribution in [1.82, 2.24) is 0 Å². The second-order valence-electron chi connectivity index (χ2n) is 5.70. The molecule has 2 aromatic rings. The van der Waals surface area contributed by atoms with E-state index in [2.05, 4.69) is 4.90 Å². The normalized spacial score (nSPS) is 14.4. The quantitative estimate of drug-likeness (QED) is 0.450. The molecule has 1 aromatic heterocycles. The molecule has 1 aliphatic heterocycles. The van der Waals surface area contributed by atoms with Gasteiger partial charge in [-0.1, -0.05) is 30.3 Å². The highest BCUT2D eigenvalue weighted by Crippen LogP contribution is 2.39. The van der Waals surface area contributed by atoms with Crippen LogP contribution in [0.2, 0.25) is 0 Å². The Bertz CT molecular complexity index is 735. The molecule has 0 radical (unpaired) electrons. The Labute approximate surface area is 151 Å². The van der Waals surface area contributed by atoms with E-state index in [1.807, 2.05) is 36.4 Å². The van der Waals surface area contributed by atoms with Gasteiger partial charge in [0.2, 0.25) is 0 Å². The third kappa shape index (κ3) is 4.27. The zero-order chi connectivity index (χ0) is 17.6. The van der Waals surface area contributed by atoms with Gasteiger partial charge in [0.25, 0.3) is 0 Å². The number of hydrogen-bond acceptors (Lipinski definition) is 6. The number of ether oxygens (including phenoxy) is 2. The lowest BCUT2D eigenvalue weighted by atomic mass is 10.1. The summed E-state index contributed by atoms with van der Waals surface area (Å²) in [6, 6.07) is 11.9. The first-order chi connectivity index (χ1) is 12.2. The number of ketones is 1. The van der Waals surface area contributed by atoms with Gasteiger partial charge in [0, 0.05) is 18.7 Å². The van der Waals surface area contributed by atoms with Crippen LogP contribution in [0.25, 0.3) is 11.1 Å². The van der Waals surface area contributed by atoms with Gasteiger partial charge in [-0.25, -0.2) is 0 Å². The van der Waals surface area contributed by atoms with Crippen molar-refractivity contribution in [2.24, 2.45) is 0 Å². The molecule has 0 amide bonds. The van der Waals surface area contributed by atoms with Gasteiger partial charge in [-0.2, -0.15) is 0 Å². The van der Waals surface area contributed by atoms with E-state index in [1.54, 1.807) is 6.92 Å². The number of nitrogens with zero attached hydrogens (tertiary/aromatic N) is 1. The van der Waals surface area contributed by atoms with Crippen molar-refractivity contribution < 1.29 is 19.1 Å². The monoisotopic (exact) mass is 359 g/mol. The lowest BCUT2D eigenvalue weighted by Gasteiger charge is -2.28. The lowest BCUT2D eigenvalue weighted by Crippen LogP contribution is -2.35. The average molecular weight is 359 g/mol. The first-order valence-electron chi connectivity index (χ1n) is 8.39. The van der Waals surface area contributed by atoms with E-state index in [4.69, 9.17) is 9.47 Å². The molecule has 0 bridgehead atoms. The Morgan fingerprint density at radius 2 is 1.92 bits per heavy atom. The lowest BCUT2D eigenvalue weighted by molar-refractivity contribution is -0.141. The van der Waals surface area contributed by atoms with Gasteiger partial charge in [-0.3, -0.25) is 9.59 Å². The SMILES string of the molecule is CCOC(=O)CC(=O)c1cc(-c2ccccc2)c(N2CCOCC2)s1. The summed E-state index contributed by atoms with van der Waals surface area (Å²) >= 11 is 1.44. The standard InChI is InChI=1S/C19H21NO4S/c1-2-24-18(22)13-16(21)17-12-15(14-6-4-3-5-7-14)19(25-17)20-8-10-23-11-9-20/h3-7,12H,2,8-11,13H2,1H3. The minimum atomic E-state index is -0.477. The van der Waals surface area contributed by atoms with Crippen LogP contribution >= 0.6 is 11.3 Å². The zero-order valence-corrected chi connectivity index (χ0v) is 15.0. The molecule has 6 heteroatoms. The highest BCUT2D eigenvalue weighted by atomic mass is 32.1. The number of anilines is 1. The molecule has 0 spiro atoms. The number of morpholine rings is 1. The first-order valence-corrected chi connectivity index (χ1v) is 9.21. The van der Waals surface area contributed by atoms with Gasteiger partial charge in [-0.15, -0.1) is 11.3 Å². The van der Waals surface area contributed by atoms with Crippen LogP contribution in [-0.4, -0.2) is 44.7 Å². The third-order valence-electron chi connectivity index (χ3n) is 3.98. The molecule has 0 atom stereocenters. The second-order valence-corrected chi connectivity index (χ2v) is 6.73. The summed E-state index contributed by atoms with van der Waals surface area (Å²) in [4.78, 5) is 26.9. The third-order valence-corrected chi connectivity index (χ3v) is 5.22. The van der Waals surface area contributed by atoms with Crippen molar-refractivity contribution in [3.05, 3.63) is 41.3 Å². The second kappa shape index (κ2) is 8.27. The van der Waals surface area contributed by atoms with Crippen molar-refractivity contribution in [3.8, 4) is 11.1 Å². The van der Waals surface area contributed by atoms with Crippen LogP contribution in [0.4, 0.5) is 5.00 Å². The maximum atomic E-state index is 12.5. The van der Waals surface area contributed by atoms with E-state index in [0.717, 1.165) is 29.2 Å². The molecule has 5 nitrogen and oxygen atoms in total. The summed E-state index contributed by atoms with van der Waals surface area (Å²) in [5, 5.41) is 1.06. The zero-order valence-electron chi connectivity index (χ0n) is 14.2. The Hall–Kier alpha value is -2.18. The maximum Gasteiger partial charge on any atom is 0.313 e. The first kappa shape index (κ1) is 17.6. The summed E-state index contributed by atoms with van der Waals surface area (Å²) in [5.74, 6) is -0.671. The fraction of sp³-hybridized carbons (Fsp3) is 0.368. The van der Waals surface area contributed by atoms with E-state index in [9.17, 15) is 9.59 Å². The summed E-state index contributed by atoms with van der Waals surface area (Å²) in [7, 11) is 0. The van der Waals surface area contributed by atoms with Crippen molar-refractivity contribution >= 4 is 28.1 Å². The van der Waals surface area contributed by atoms with Crippen molar-refractivity contribution in [3.63, 3.8) is 0 Å². The van der Waals surface area contributed by atoms with E-state index >= 15 is 0 Å². The number of Topliss-reactive ketones (excluding diaryl/α,β-unsaturated/α-hetero) is 1. The molecule has 0 unspecified atom stereocenters. The minimum absolute atomic E-state index is 0.194. The molecule has 2 heterocycles. The summed E-state index contributed by atoms with van der Waals surface area (Å²) < 4.78 is 10.3. The van der Waals surface area contributed by atoms with Gasteiger partial charge >= 0.3 is 5.97 Å². The number of carbonyl (C=O) groups is 2. The molecule has 1 fully saturated rings. The Morgan fingerprint density at radius 3 is 2.60 bits per heavy atom. The molecule has 0 aliphatic carbocycles. The number of thiophene rings is 1. The van der Waals surface area contributed by atoms with Crippen LogP contribution in [0.3, 0.4) is 0 Å². The molecule has 3 rings (SSSR count). The summed E-state index contributed by atoms with van der Waals surface area (Å²) in [6.45, 7) is 4.97. The van der Waals surface area contributed by atoms with E-state index in [1.165, 1.54) is 11.3 Å². The van der Waals surface area contributed by atoms with E-state index in [-0.39, 0.29) is 18.8 Å². The van der Waals surface area contributed by atoms with Crippen LogP contribution < -0.4 is 4.90 Å². The van der Waals surface area contributed by atoms with E-state index < -0.39 is 5.97 Å². The van der Waals surface area contributed by atoms with Crippen LogP contribution in [-0.2, 0) is 14.3 Å². The molecular weight excluding hydrogens is 338 g/mol. The molecule has 1 aliphatic rings. The average Bonchev–Trinajstić information content (AvgIpc) is 3.09. The fourth-order valence-corrected chi connectivity index (χ4v) is 3.94. The molecule has 132 valence electrons. The van der Waals surface area contributed by atoms with Gasteiger partial charge in [-0.05, 0) is 18.6 Å². The largest absolute Gasteiger partial charge is 0.466 e. The van der Waals surface area contributed by atoms with Crippen LogP contribution in [0.15, 0.2) is 36.4 Å². The van der Waals surface area contributed by atoms with Crippen molar-refractivity contribution in [2.45, 2.75) is 13.3 Å². The maximum absolute atomic E-state index is 12.5. The number of hydrogen-bond donors (Lipinski definition) is 0. The summed E-state index contributed by atoms with van der Waals surface area (Å²) in [6.07, 6.45) is -0.217. The van der Waals surface area contributed by atoms with Crippen LogP contribution in [0.1, 0.15) is 23.0 Å². The van der Waals surface area contributed by atoms with Crippen molar-refractivity contribution in [1.29, 1.82) is 0 Å². The van der Waals surface area contributed by atoms with Gasteiger partial charge in [0.05, 0.1) is 29.7 Å². The van der Waals surface area contributed by atoms with Gasteiger partial charge < -0.3 is 14.4 Å². The molecule has 1 saturated heterocycles. The Balaban J connectivity index is 1.91. The van der Waals surface area contributed by atoms with Gasteiger partial charge in [0.1, 0.15) is 6.42 Å². The fourth-order valence-electron chi connectivity index (χ4n) is 2.77. The summed E-state index contributed by atoms with van der Waals surface area (Å²) in [5.41, 5.74) is 2.09. The highest BCUT2D eigenvalue weighted by molar-refractivity contribution is 7.18. The Kier molecular flexibility index (Phi) is 5.83. The molecule has 25 heavy (non-hydrogen) atoms. The topological polar surface area (TPSA) is 55.8 Å². The number of rotatable bonds is 6. The highest BCUT2D eigenvalue weighted by Gasteiger charge is 2.23. The number of carbonyl (C=O) groups excluding carboxylic acids is 2. The molecule has 0 N–H and O–H groups in total. The number of esters is 1.